The van der Waals surface area contributed by atoms with Gasteiger partial charge in [0, 0.05) is 55.4 Å². The average Bonchev–Trinajstić information content (AvgIpc) is 3.19. The highest BCUT2D eigenvalue weighted by atomic mass is 35.5. The molecule has 222 valence electrons. The Morgan fingerprint density at radius 2 is 1.64 bits per heavy atom. The molecule has 1 aliphatic heterocycles. The Kier molecular flexibility index (Phi) is 11.5. The van der Waals surface area contributed by atoms with Gasteiger partial charge in [-0.05, 0) is 56.4 Å². The monoisotopic (exact) mass is 610 g/mol. The van der Waals surface area contributed by atoms with E-state index < -0.39 is 0 Å². The second-order valence-electron chi connectivity index (χ2n) is 10.5. The van der Waals surface area contributed by atoms with Crippen molar-refractivity contribution >= 4 is 39.9 Å². The Bertz CT molecular complexity index is 1530. The van der Waals surface area contributed by atoms with E-state index in [4.69, 9.17) is 27.6 Å². The highest BCUT2D eigenvalue weighted by molar-refractivity contribution is 6.38. The van der Waals surface area contributed by atoms with Gasteiger partial charge < -0.3 is 9.32 Å². The van der Waals surface area contributed by atoms with Gasteiger partial charge in [0.15, 0.2) is 11.0 Å². The average molecular weight is 612 g/mol. The van der Waals surface area contributed by atoms with E-state index in [2.05, 4.69) is 40.8 Å². The largest absolute Gasteiger partial charge is 0.462 e. The number of likely N-dealkylation sites (N-methyl/N-ethyl adjacent to an activating group) is 1. The summed E-state index contributed by atoms with van der Waals surface area (Å²) in [7, 11) is 2.12. The van der Waals surface area contributed by atoms with Crippen molar-refractivity contribution in [2.45, 2.75) is 33.0 Å². The molecular formula is C32H36Cl2N4O4. The summed E-state index contributed by atoms with van der Waals surface area (Å²) in [5.41, 5.74) is 3.50. The van der Waals surface area contributed by atoms with Gasteiger partial charge in [-0.15, -0.1) is 0 Å². The fourth-order valence-electron chi connectivity index (χ4n) is 4.92. The standard InChI is InChI=1S/C16H18Cl2N2O2.C16H18N2O2/c1-19-3-2-4-20(6-5-19)9-11-10-22-16-13(15(11)21)7-12(17)8-14(16)18;1-2-17(12-14-6-4-3-5-7-14)13-15-8-10-16(11-9-15)18(19)20/h7-8,10H,2-6,9H2,1H3;3-11H,2,12-13H2,1H3. The minimum absolute atomic E-state index is 0.0525. The molecular weight excluding hydrogens is 575 g/mol. The molecule has 0 aliphatic carbocycles. The van der Waals surface area contributed by atoms with Crippen molar-refractivity contribution < 1.29 is 9.34 Å². The number of nitrogens with zero attached hydrogens (tertiary/aromatic N) is 4. The number of hydrogen-bond donors (Lipinski definition) is 0. The molecule has 0 bridgehead atoms. The molecule has 5 rings (SSSR count). The maximum Gasteiger partial charge on any atom is 0.269 e. The van der Waals surface area contributed by atoms with Crippen LogP contribution in [0.3, 0.4) is 0 Å². The zero-order valence-corrected chi connectivity index (χ0v) is 25.5. The van der Waals surface area contributed by atoms with Crippen LogP contribution in [-0.4, -0.2) is 59.4 Å². The summed E-state index contributed by atoms with van der Waals surface area (Å²) >= 11 is 12.1. The fourth-order valence-corrected chi connectivity index (χ4v) is 5.45. The molecule has 0 amide bonds. The molecule has 0 saturated carbocycles. The Morgan fingerprint density at radius 1 is 0.952 bits per heavy atom. The molecule has 3 aromatic carbocycles. The summed E-state index contributed by atoms with van der Waals surface area (Å²) in [5.74, 6) is 0. The first kappa shape index (κ1) is 31.7. The minimum atomic E-state index is -0.370. The smallest absolute Gasteiger partial charge is 0.269 e. The third-order valence-corrected chi connectivity index (χ3v) is 7.82. The van der Waals surface area contributed by atoms with Crippen LogP contribution >= 0.6 is 23.2 Å². The molecule has 1 aliphatic rings. The number of hydrogen-bond acceptors (Lipinski definition) is 7. The van der Waals surface area contributed by atoms with Gasteiger partial charge in [-0.1, -0.05) is 72.6 Å². The van der Waals surface area contributed by atoms with Gasteiger partial charge >= 0.3 is 0 Å². The van der Waals surface area contributed by atoms with Crippen LogP contribution in [0.15, 0.2) is 82.2 Å². The Morgan fingerprint density at radius 3 is 2.31 bits per heavy atom. The highest BCUT2D eigenvalue weighted by Gasteiger charge is 2.16. The van der Waals surface area contributed by atoms with Crippen LogP contribution in [0.25, 0.3) is 11.0 Å². The lowest BCUT2D eigenvalue weighted by atomic mass is 10.1. The van der Waals surface area contributed by atoms with Crippen molar-refractivity contribution in [2.24, 2.45) is 0 Å². The van der Waals surface area contributed by atoms with Crippen molar-refractivity contribution in [1.29, 1.82) is 0 Å². The molecule has 8 nitrogen and oxygen atoms in total. The van der Waals surface area contributed by atoms with Crippen LogP contribution < -0.4 is 5.43 Å². The summed E-state index contributed by atoms with van der Waals surface area (Å²) in [6, 6.07) is 20.3. The predicted octanol–water partition coefficient (Wildman–Crippen LogP) is 6.85. The second-order valence-corrected chi connectivity index (χ2v) is 11.3. The van der Waals surface area contributed by atoms with Crippen LogP contribution in [-0.2, 0) is 19.6 Å². The van der Waals surface area contributed by atoms with E-state index in [1.54, 1.807) is 24.3 Å². The summed E-state index contributed by atoms with van der Waals surface area (Å²) in [6.07, 6.45) is 2.63. The number of non-ortho nitro benzene ring substituents is 1. The van der Waals surface area contributed by atoms with E-state index in [1.165, 1.54) is 11.8 Å². The SMILES string of the molecule is CCN(Cc1ccccc1)Cc1ccc([N+](=O)[O-])cc1.CN1CCCN(Cc2coc3c(Cl)cc(Cl)cc3c2=O)CC1. The van der Waals surface area contributed by atoms with Crippen molar-refractivity contribution in [2.75, 3.05) is 39.8 Å². The summed E-state index contributed by atoms with van der Waals surface area (Å²) < 4.78 is 5.58. The maximum atomic E-state index is 12.6. The molecule has 0 spiro atoms. The number of fused-ring (bicyclic) bond motifs is 1. The summed E-state index contributed by atoms with van der Waals surface area (Å²) in [5, 5.41) is 11.9. The molecule has 0 atom stereocenters. The van der Waals surface area contributed by atoms with Gasteiger partial charge in [-0.2, -0.15) is 0 Å². The number of nitro benzene ring substituents is 1. The molecule has 4 aromatic rings. The third-order valence-electron chi connectivity index (χ3n) is 7.32. The number of nitro groups is 1. The Hall–Kier alpha value is -3.27. The van der Waals surface area contributed by atoms with E-state index in [9.17, 15) is 14.9 Å². The Balaban J connectivity index is 0.000000194. The molecule has 1 saturated heterocycles. The minimum Gasteiger partial charge on any atom is -0.462 e. The molecule has 0 unspecified atom stereocenters. The van der Waals surface area contributed by atoms with Gasteiger partial charge in [0.05, 0.1) is 21.6 Å². The van der Waals surface area contributed by atoms with E-state index in [0.29, 0.717) is 33.1 Å². The molecule has 42 heavy (non-hydrogen) atoms. The molecule has 1 aromatic heterocycles. The Labute approximate surface area is 256 Å². The summed E-state index contributed by atoms with van der Waals surface area (Å²) in [4.78, 5) is 29.8. The molecule has 1 fully saturated rings. The first-order chi connectivity index (χ1) is 20.2. The van der Waals surface area contributed by atoms with E-state index >= 15 is 0 Å². The van der Waals surface area contributed by atoms with E-state index in [0.717, 1.165) is 57.8 Å². The second kappa shape index (κ2) is 15.3. The number of halogens is 2. The maximum absolute atomic E-state index is 12.6. The topological polar surface area (TPSA) is 83.1 Å². The highest BCUT2D eigenvalue weighted by Crippen LogP contribution is 2.26. The quantitative estimate of drug-likeness (QED) is 0.159. The molecule has 0 radical (unpaired) electrons. The number of rotatable bonds is 8. The van der Waals surface area contributed by atoms with Crippen molar-refractivity contribution in [3.63, 3.8) is 0 Å². The van der Waals surface area contributed by atoms with Crippen molar-refractivity contribution in [1.82, 2.24) is 14.7 Å². The first-order valence-electron chi connectivity index (χ1n) is 14.0. The van der Waals surface area contributed by atoms with Gasteiger partial charge in [0.25, 0.3) is 5.69 Å². The summed E-state index contributed by atoms with van der Waals surface area (Å²) in [6.45, 7) is 9.36. The fraction of sp³-hybridized carbons (Fsp3) is 0.344. The van der Waals surface area contributed by atoms with Crippen LogP contribution in [0.1, 0.15) is 30.0 Å². The number of benzene rings is 3. The van der Waals surface area contributed by atoms with E-state index in [1.807, 2.05) is 30.3 Å². The predicted molar refractivity (Wildman–Crippen MR) is 169 cm³/mol. The van der Waals surface area contributed by atoms with Crippen molar-refractivity contribution in [3.05, 3.63) is 120 Å². The molecule has 2 heterocycles. The normalized spacial score (nSPS) is 14.4. The van der Waals surface area contributed by atoms with Crippen molar-refractivity contribution in [3.8, 4) is 0 Å². The van der Waals surface area contributed by atoms with Crippen LogP contribution in [0.4, 0.5) is 5.69 Å². The van der Waals surface area contributed by atoms with E-state index in [-0.39, 0.29) is 16.0 Å². The van der Waals surface area contributed by atoms with Crippen LogP contribution in [0.2, 0.25) is 10.0 Å². The van der Waals surface area contributed by atoms with Gasteiger partial charge in [0.2, 0.25) is 0 Å². The lowest BCUT2D eigenvalue weighted by molar-refractivity contribution is -0.384. The molecule has 0 N–H and O–H groups in total. The van der Waals surface area contributed by atoms with Gasteiger partial charge in [0.1, 0.15) is 0 Å². The first-order valence-corrected chi connectivity index (χ1v) is 14.8. The van der Waals surface area contributed by atoms with Crippen LogP contribution in [0, 0.1) is 10.1 Å². The van der Waals surface area contributed by atoms with Gasteiger partial charge in [-0.25, -0.2) is 0 Å². The molecule has 10 heteroatoms. The zero-order chi connectivity index (χ0) is 30.1. The lowest BCUT2D eigenvalue weighted by Gasteiger charge is -2.20. The van der Waals surface area contributed by atoms with Gasteiger partial charge in [-0.3, -0.25) is 24.7 Å². The third kappa shape index (κ3) is 8.86. The zero-order valence-electron chi connectivity index (χ0n) is 24.0. The van der Waals surface area contributed by atoms with Crippen LogP contribution in [0.5, 0.6) is 0 Å². The lowest BCUT2D eigenvalue weighted by Crippen LogP contribution is -2.30.